The van der Waals surface area contributed by atoms with E-state index in [1.165, 1.54) is 16.3 Å². The number of nitrogens with one attached hydrogen (secondary N) is 1. The third kappa shape index (κ3) is 3.59. The number of rotatable bonds is 6. The molecule has 2 nitrogen and oxygen atoms in total. The van der Waals surface area contributed by atoms with E-state index in [1.54, 1.807) is 0 Å². The number of hydrogen-bond acceptors (Lipinski definition) is 2. The van der Waals surface area contributed by atoms with Gasteiger partial charge in [0.2, 0.25) is 0 Å². The van der Waals surface area contributed by atoms with Crippen molar-refractivity contribution in [3.05, 3.63) is 48.0 Å². The van der Waals surface area contributed by atoms with E-state index in [-0.39, 0.29) is 6.61 Å². The van der Waals surface area contributed by atoms with Gasteiger partial charge in [-0.25, -0.2) is 0 Å². The lowest BCUT2D eigenvalue weighted by molar-refractivity contribution is 0.237. The topological polar surface area (TPSA) is 32.3 Å². The average Bonchev–Trinajstić information content (AvgIpc) is 2.46. The maximum absolute atomic E-state index is 9.17. The van der Waals surface area contributed by atoms with Gasteiger partial charge >= 0.3 is 0 Å². The van der Waals surface area contributed by atoms with Gasteiger partial charge in [0.15, 0.2) is 0 Å². The zero-order chi connectivity index (χ0) is 14.5. The lowest BCUT2D eigenvalue weighted by Crippen LogP contribution is -2.36. The van der Waals surface area contributed by atoms with Crippen molar-refractivity contribution < 1.29 is 5.11 Å². The Morgan fingerprint density at radius 3 is 2.35 bits per heavy atom. The Labute approximate surface area is 121 Å². The van der Waals surface area contributed by atoms with Crippen molar-refractivity contribution in [2.24, 2.45) is 5.92 Å². The monoisotopic (exact) mass is 271 g/mol. The summed E-state index contributed by atoms with van der Waals surface area (Å²) in [5.74, 6) is 0.519. The second-order valence-electron chi connectivity index (χ2n) is 5.86. The van der Waals surface area contributed by atoms with Crippen molar-refractivity contribution >= 4 is 10.8 Å². The Hall–Kier alpha value is -1.38. The molecule has 0 aliphatic rings. The smallest absolute Gasteiger partial charge is 0.0445 e. The second-order valence-corrected chi connectivity index (χ2v) is 5.86. The molecule has 2 atom stereocenters. The lowest BCUT2D eigenvalue weighted by atomic mass is 9.97. The third-order valence-electron chi connectivity index (χ3n) is 3.98. The molecule has 0 fully saturated rings. The summed E-state index contributed by atoms with van der Waals surface area (Å²) in [5.41, 5.74) is 1.30. The predicted molar refractivity (Wildman–Crippen MR) is 85.8 cm³/mol. The van der Waals surface area contributed by atoms with Crippen LogP contribution >= 0.6 is 0 Å². The molecule has 0 bridgehead atoms. The summed E-state index contributed by atoms with van der Waals surface area (Å²) < 4.78 is 0. The van der Waals surface area contributed by atoms with Gasteiger partial charge in [0, 0.05) is 18.7 Å². The summed E-state index contributed by atoms with van der Waals surface area (Å²) in [6.45, 7) is 6.82. The van der Waals surface area contributed by atoms with E-state index in [0.29, 0.717) is 18.0 Å². The van der Waals surface area contributed by atoms with Crippen LogP contribution in [0.2, 0.25) is 0 Å². The molecule has 108 valence electrons. The van der Waals surface area contributed by atoms with E-state index in [2.05, 4.69) is 68.6 Å². The third-order valence-corrected chi connectivity index (χ3v) is 3.98. The van der Waals surface area contributed by atoms with Crippen LogP contribution in [0.5, 0.6) is 0 Å². The van der Waals surface area contributed by atoms with Crippen molar-refractivity contribution in [1.82, 2.24) is 5.32 Å². The number of fused-ring (bicyclic) bond motifs is 1. The van der Waals surface area contributed by atoms with E-state index in [0.717, 1.165) is 6.42 Å². The molecule has 0 saturated carbocycles. The Bertz CT molecular complexity index is 550. The van der Waals surface area contributed by atoms with Gasteiger partial charge in [0.05, 0.1) is 0 Å². The van der Waals surface area contributed by atoms with E-state index in [1.807, 2.05) is 0 Å². The highest BCUT2D eigenvalue weighted by Gasteiger charge is 2.16. The van der Waals surface area contributed by atoms with Crippen molar-refractivity contribution in [1.29, 1.82) is 0 Å². The Morgan fingerprint density at radius 2 is 1.70 bits per heavy atom. The Morgan fingerprint density at radius 1 is 1.00 bits per heavy atom. The van der Waals surface area contributed by atoms with E-state index < -0.39 is 0 Å². The molecule has 0 spiro atoms. The molecule has 2 N–H and O–H groups in total. The van der Waals surface area contributed by atoms with Crippen LogP contribution in [-0.2, 0) is 0 Å². The number of benzene rings is 2. The molecule has 2 heteroatoms. The summed E-state index contributed by atoms with van der Waals surface area (Å²) in [5, 5.41) is 15.4. The van der Waals surface area contributed by atoms with Crippen LogP contribution in [0, 0.1) is 5.92 Å². The molecule has 2 unspecified atom stereocenters. The molecule has 2 rings (SSSR count). The second kappa shape index (κ2) is 6.87. The number of aliphatic hydroxyl groups is 1. The minimum atomic E-state index is 0.236. The van der Waals surface area contributed by atoms with Crippen LogP contribution in [0.3, 0.4) is 0 Å². The first-order valence-electron chi connectivity index (χ1n) is 7.47. The minimum absolute atomic E-state index is 0.236. The van der Waals surface area contributed by atoms with Crippen LogP contribution in [-0.4, -0.2) is 17.8 Å². The van der Waals surface area contributed by atoms with Crippen LogP contribution in [0.15, 0.2) is 42.5 Å². The standard InChI is InChI=1S/C18H25NO/c1-13(2)18(10-11-20)19-14(3)16-9-8-15-6-4-5-7-17(15)12-16/h4-9,12-14,18-20H,10-11H2,1-3H3. The fourth-order valence-electron chi connectivity index (χ4n) is 2.64. The first-order chi connectivity index (χ1) is 9.61. The van der Waals surface area contributed by atoms with Gasteiger partial charge in [0.25, 0.3) is 0 Å². The normalized spacial score (nSPS) is 14.7. The SMILES string of the molecule is CC(NC(CCO)C(C)C)c1ccc2ccccc2c1. The summed E-state index contributed by atoms with van der Waals surface area (Å²) in [7, 11) is 0. The summed E-state index contributed by atoms with van der Waals surface area (Å²) in [6.07, 6.45) is 0.801. The van der Waals surface area contributed by atoms with Gasteiger partial charge < -0.3 is 10.4 Å². The first kappa shape index (κ1) is 15.0. The largest absolute Gasteiger partial charge is 0.396 e. The molecule has 2 aromatic carbocycles. The van der Waals surface area contributed by atoms with Gasteiger partial charge in [-0.1, -0.05) is 50.2 Å². The fourth-order valence-corrected chi connectivity index (χ4v) is 2.64. The molecule has 0 aliphatic heterocycles. The molecule has 0 saturated heterocycles. The molecule has 20 heavy (non-hydrogen) atoms. The minimum Gasteiger partial charge on any atom is -0.396 e. The van der Waals surface area contributed by atoms with Crippen LogP contribution < -0.4 is 5.32 Å². The Kier molecular flexibility index (Phi) is 5.16. The number of aliphatic hydroxyl groups excluding tert-OH is 1. The van der Waals surface area contributed by atoms with E-state index in [9.17, 15) is 5.11 Å². The number of hydrogen-bond donors (Lipinski definition) is 2. The first-order valence-corrected chi connectivity index (χ1v) is 7.47. The fraction of sp³-hybridized carbons (Fsp3) is 0.444. The molecular formula is C18H25NO. The summed E-state index contributed by atoms with van der Waals surface area (Å²) >= 11 is 0. The molecule has 0 aromatic heterocycles. The van der Waals surface area contributed by atoms with E-state index >= 15 is 0 Å². The van der Waals surface area contributed by atoms with Crippen molar-refractivity contribution in [3.63, 3.8) is 0 Å². The molecular weight excluding hydrogens is 246 g/mol. The molecule has 0 radical (unpaired) electrons. The van der Waals surface area contributed by atoms with Gasteiger partial charge in [-0.15, -0.1) is 0 Å². The van der Waals surface area contributed by atoms with Gasteiger partial charge in [0.1, 0.15) is 0 Å². The molecule has 0 heterocycles. The van der Waals surface area contributed by atoms with Gasteiger partial charge in [-0.05, 0) is 41.7 Å². The zero-order valence-corrected chi connectivity index (χ0v) is 12.6. The lowest BCUT2D eigenvalue weighted by Gasteiger charge is -2.26. The molecule has 2 aromatic rings. The van der Waals surface area contributed by atoms with Gasteiger partial charge in [-0.3, -0.25) is 0 Å². The van der Waals surface area contributed by atoms with Crippen molar-refractivity contribution in [2.45, 2.75) is 39.3 Å². The van der Waals surface area contributed by atoms with Crippen LogP contribution in [0.25, 0.3) is 10.8 Å². The van der Waals surface area contributed by atoms with Gasteiger partial charge in [-0.2, -0.15) is 0 Å². The highest BCUT2D eigenvalue weighted by Crippen LogP contribution is 2.21. The molecule has 0 amide bonds. The molecule has 0 aliphatic carbocycles. The highest BCUT2D eigenvalue weighted by atomic mass is 16.3. The van der Waals surface area contributed by atoms with Crippen LogP contribution in [0.1, 0.15) is 38.8 Å². The highest BCUT2D eigenvalue weighted by molar-refractivity contribution is 5.83. The Balaban J connectivity index is 2.15. The van der Waals surface area contributed by atoms with E-state index in [4.69, 9.17) is 0 Å². The average molecular weight is 271 g/mol. The summed E-state index contributed by atoms with van der Waals surface area (Å²) in [6, 6.07) is 15.7. The maximum Gasteiger partial charge on any atom is 0.0445 e. The predicted octanol–water partition coefficient (Wildman–Crippen LogP) is 3.90. The zero-order valence-electron chi connectivity index (χ0n) is 12.6. The maximum atomic E-state index is 9.17. The summed E-state index contributed by atoms with van der Waals surface area (Å²) in [4.78, 5) is 0. The van der Waals surface area contributed by atoms with Crippen molar-refractivity contribution in [2.75, 3.05) is 6.61 Å². The van der Waals surface area contributed by atoms with Crippen LogP contribution in [0.4, 0.5) is 0 Å². The quantitative estimate of drug-likeness (QED) is 0.835. The van der Waals surface area contributed by atoms with Crippen molar-refractivity contribution in [3.8, 4) is 0 Å².